The molecule has 0 bridgehead atoms. The first-order chi connectivity index (χ1) is 16.2. The van der Waals surface area contributed by atoms with Crippen LogP contribution in [0, 0.1) is 11.3 Å². The number of thioether (sulfide) groups is 1. The van der Waals surface area contributed by atoms with E-state index in [1.165, 1.54) is 0 Å². The van der Waals surface area contributed by atoms with Gasteiger partial charge in [-0.2, -0.15) is 5.26 Å². The molecule has 1 amide bonds. The average molecular weight is 458 g/mol. The van der Waals surface area contributed by atoms with Crippen LogP contribution in [0.4, 0.5) is 11.4 Å². The highest BCUT2D eigenvalue weighted by atomic mass is 32.2. The lowest BCUT2D eigenvalue weighted by molar-refractivity contribution is -0.117. The van der Waals surface area contributed by atoms with Gasteiger partial charge in [0.1, 0.15) is 0 Å². The van der Waals surface area contributed by atoms with Gasteiger partial charge < -0.3 is 10.2 Å². The molecule has 0 saturated carbocycles. The van der Waals surface area contributed by atoms with Gasteiger partial charge in [-0.3, -0.25) is 9.69 Å². The minimum absolute atomic E-state index is 0.0105. The number of carbonyl (C=O) groups excluding carboxylic acids is 1. The first-order valence-corrected chi connectivity index (χ1v) is 12.1. The van der Waals surface area contributed by atoms with Crippen molar-refractivity contribution in [2.45, 2.75) is 17.2 Å². The molecule has 0 atom stereocenters. The molecule has 1 aromatic heterocycles. The monoisotopic (exact) mass is 457 g/mol. The Hall–Kier alpha value is -3.34. The molecular formula is C26H27N5OS. The zero-order valence-electron chi connectivity index (χ0n) is 18.5. The van der Waals surface area contributed by atoms with Gasteiger partial charge in [-0.1, -0.05) is 18.2 Å². The van der Waals surface area contributed by atoms with Crippen molar-refractivity contribution in [1.82, 2.24) is 9.88 Å². The molecular weight excluding hydrogens is 430 g/mol. The third-order valence-electron chi connectivity index (χ3n) is 5.55. The second kappa shape index (κ2) is 11.5. The van der Waals surface area contributed by atoms with Crippen molar-refractivity contribution in [3.8, 4) is 6.07 Å². The van der Waals surface area contributed by atoms with Crippen molar-refractivity contribution in [3.05, 3.63) is 84.1 Å². The van der Waals surface area contributed by atoms with Gasteiger partial charge in [-0.25, -0.2) is 4.98 Å². The molecule has 33 heavy (non-hydrogen) atoms. The van der Waals surface area contributed by atoms with Crippen LogP contribution in [-0.2, 0) is 10.5 Å². The molecule has 0 radical (unpaired) electrons. The normalized spacial score (nSPS) is 14.3. The zero-order valence-corrected chi connectivity index (χ0v) is 19.3. The van der Waals surface area contributed by atoms with Crippen molar-refractivity contribution in [2.24, 2.45) is 0 Å². The SMILES string of the molecule is N#Cc1ccc(N2CCCN(CC(=O)Nc3cccc(CSc4ccccn4)c3)CC2)cc1. The Morgan fingerprint density at radius 1 is 1.03 bits per heavy atom. The number of hydrogen-bond acceptors (Lipinski definition) is 6. The van der Waals surface area contributed by atoms with Crippen LogP contribution in [0.5, 0.6) is 0 Å². The number of rotatable bonds is 7. The maximum Gasteiger partial charge on any atom is 0.238 e. The van der Waals surface area contributed by atoms with E-state index in [0.717, 1.165) is 60.3 Å². The Labute approximate surface area is 199 Å². The van der Waals surface area contributed by atoms with Crippen LogP contribution in [-0.4, -0.2) is 48.5 Å². The van der Waals surface area contributed by atoms with Crippen molar-refractivity contribution in [3.63, 3.8) is 0 Å². The lowest BCUT2D eigenvalue weighted by Crippen LogP contribution is -2.36. The fourth-order valence-corrected chi connectivity index (χ4v) is 4.67. The van der Waals surface area contributed by atoms with Gasteiger partial charge >= 0.3 is 0 Å². The first-order valence-electron chi connectivity index (χ1n) is 11.1. The largest absolute Gasteiger partial charge is 0.370 e. The number of nitriles is 1. The number of hydrogen-bond donors (Lipinski definition) is 1. The summed E-state index contributed by atoms with van der Waals surface area (Å²) in [6.45, 7) is 3.91. The van der Waals surface area contributed by atoms with E-state index in [9.17, 15) is 4.79 Å². The number of amides is 1. The van der Waals surface area contributed by atoms with Crippen molar-refractivity contribution >= 4 is 29.0 Å². The van der Waals surface area contributed by atoms with E-state index in [1.54, 1.807) is 18.0 Å². The summed E-state index contributed by atoms with van der Waals surface area (Å²) in [4.78, 5) is 21.6. The van der Waals surface area contributed by atoms with Crippen LogP contribution in [0.2, 0.25) is 0 Å². The molecule has 2 aromatic carbocycles. The van der Waals surface area contributed by atoms with Crippen LogP contribution in [0.1, 0.15) is 17.5 Å². The third kappa shape index (κ3) is 6.82. The summed E-state index contributed by atoms with van der Waals surface area (Å²) in [7, 11) is 0. The predicted molar refractivity (Wildman–Crippen MR) is 133 cm³/mol. The summed E-state index contributed by atoms with van der Waals surface area (Å²) in [5.41, 5.74) is 3.77. The minimum Gasteiger partial charge on any atom is -0.370 e. The molecule has 168 valence electrons. The second-order valence-electron chi connectivity index (χ2n) is 7.98. The van der Waals surface area contributed by atoms with Gasteiger partial charge in [0.15, 0.2) is 0 Å². The smallest absolute Gasteiger partial charge is 0.238 e. The highest BCUT2D eigenvalue weighted by Gasteiger charge is 2.17. The average Bonchev–Trinajstić information content (AvgIpc) is 3.09. The number of nitrogens with zero attached hydrogens (tertiary/aromatic N) is 4. The van der Waals surface area contributed by atoms with E-state index in [0.29, 0.717) is 12.1 Å². The molecule has 1 N–H and O–H groups in total. The fraction of sp³-hybridized carbons (Fsp3) is 0.269. The summed E-state index contributed by atoms with van der Waals surface area (Å²) >= 11 is 1.68. The van der Waals surface area contributed by atoms with E-state index in [1.807, 2.05) is 60.7 Å². The molecule has 0 unspecified atom stereocenters. The second-order valence-corrected chi connectivity index (χ2v) is 8.98. The fourth-order valence-electron chi connectivity index (χ4n) is 3.87. The number of nitrogens with one attached hydrogen (secondary N) is 1. The Morgan fingerprint density at radius 3 is 2.70 bits per heavy atom. The van der Waals surface area contributed by atoms with Gasteiger partial charge in [-0.15, -0.1) is 11.8 Å². The van der Waals surface area contributed by atoms with E-state index in [4.69, 9.17) is 5.26 Å². The molecule has 2 heterocycles. The maximum absolute atomic E-state index is 12.7. The van der Waals surface area contributed by atoms with E-state index < -0.39 is 0 Å². The van der Waals surface area contributed by atoms with Crippen LogP contribution in [0.25, 0.3) is 0 Å². The lowest BCUT2D eigenvalue weighted by atomic mass is 10.2. The number of pyridine rings is 1. The highest BCUT2D eigenvalue weighted by molar-refractivity contribution is 7.98. The predicted octanol–water partition coefficient (Wildman–Crippen LogP) is 4.40. The Kier molecular flexibility index (Phi) is 7.96. The minimum atomic E-state index is 0.0105. The Morgan fingerprint density at radius 2 is 1.91 bits per heavy atom. The van der Waals surface area contributed by atoms with Crippen molar-refractivity contribution < 1.29 is 4.79 Å². The number of benzene rings is 2. The van der Waals surface area contributed by atoms with E-state index in [2.05, 4.69) is 32.2 Å². The van der Waals surface area contributed by atoms with Gasteiger partial charge in [0, 0.05) is 49.5 Å². The summed E-state index contributed by atoms with van der Waals surface area (Å²) in [5, 5.41) is 13.0. The first kappa shape index (κ1) is 22.8. The molecule has 1 fully saturated rings. The van der Waals surface area contributed by atoms with Gasteiger partial charge in [-0.05, 0) is 60.5 Å². The number of carbonyl (C=O) groups is 1. The molecule has 3 aromatic rings. The number of aromatic nitrogens is 1. The lowest BCUT2D eigenvalue weighted by Gasteiger charge is -2.23. The molecule has 1 saturated heterocycles. The van der Waals surface area contributed by atoms with E-state index >= 15 is 0 Å². The molecule has 4 rings (SSSR count). The molecule has 1 aliphatic heterocycles. The quantitative estimate of drug-likeness (QED) is 0.531. The molecule has 7 heteroatoms. The molecule has 0 aliphatic carbocycles. The van der Waals surface area contributed by atoms with Gasteiger partial charge in [0.2, 0.25) is 5.91 Å². The summed E-state index contributed by atoms with van der Waals surface area (Å²) in [5.74, 6) is 0.814. The van der Waals surface area contributed by atoms with Crippen molar-refractivity contribution in [2.75, 3.05) is 42.9 Å². The Balaban J connectivity index is 1.26. The summed E-state index contributed by atoms with van der Waals surface area (Å²) in [6, 6.07) is 23.8. The van der Waals surface area contributed by atoms with Gasteiger partial charge in [0.05, 0.1) is 23.2 Å². The number of anilines is 2. The maximum atomic E-state index is 12.7. The summed E-state index contributed by atoms with van der Waals surface area (Å²) < 4.78 is 0. The van der Waals surface area contributed by atoms with Crippen LogP contribution in [0.15, 0.2) is 78.0 Å². The molecule has 6 nitrogen and oxygen atoms in total. The van der Waals surface area contributed by atoms with Crippen LogP contribution >= 0.6 is 11.8 Å². The van der Waals surface area contributed by atoms with E-state index in [-0.39, 0.29) is 5.91 Å². The van der Waals surface area contributed by atoms with Crippen LogP contribution in [0.3, 0.4) is 0 Å². The zero-order chi connectivity index (χ0) is 22.9. The standard InChI is InChI=1S/C26H27N5OS/c27-18-21-8-10-24(11-9-21)31-14-4-13-30(15-16-31)19-25(32)29-23-6-3-5-22(17-23)20-33-26-7-1-2-12-28-26/h1-3,5-12,17H,4,13-16,19-20H2,(H,29,32). The van der Waals surface area contributed by atoms with Crippen molar-refractivity contribution in [1.29, 1.82) is 5.26 Å². The summed E-state index contributed by atoms with van der Waals surface area (Å²) in [6.07, 6.45) is 2.79. The van der Waals surface area contributed by atoms with Gasteiger partial charge in [0.25, 0.3) is 0 Å². The highest BCUT2D eigenvalue weighted by Crippen LogP contribution is 2.22. The van der Waals surface area contributed by atoms with Crippen LogP contribution < -0.4 is 10.2 Å². The third-order valence-corrected chi connectivity index (χ3v) is 6.57. The topological polar surface area (TPSA) is 72.3 Å². The Bertz CT molecular complexity index is 1100. The molecule has 1 aliphatic rings. The molecule has 0 spiro atoms.